The molecule has 1 aromatic heterocycles. The summed E-state index contributed by atoms with van der Waals surface area (Å²) in [7, 11) is 0. The Bertz CT molecular complexity index is 643. The minimum absolute atomic E-state index is 0.0358. The van der Waals surface area contributed by atoms with Gasteiger partial charge in [-0.25, -0.2) is 4.98 Å². The summed E-state index contributed by atoms with van der Waals surface area (Å²) in [6.07, 6.45) is 0. The molecule has 2 rings (SSSR count). The van der Waals surface area contributed by atoms with Gasteiger partial charge in [-0.1, -0.05) is 6.07 Å². The van der Waals surface area contributed by atoms with E-state index in [2.05, 4.69) is 15.6 Å². The highest BCUT2D eigenvalue weighted by Crippen LogP contribution is 2.28. The molecule has 0 aliphatic rings. The van der Waals surface area contributed by atoms with Crippen molar-refractivity contribution in [2.75, 3.05) is 11.9 Å². The number of nitro groups is 1. The molecule has 1 amide bonds. The van der Waals surface area contributed by atoms with Gasteiger partial charge in [0.1, 0.15) is 11.3 Å². The maximum Gasteiger partial charge on any atom is 0.305 e. The molecule has 2 N–H and O–H groups in total. The van der Waals surface area contributed by atoms with E-state index in [9.17, 15) is 14.9 Å². The second kappa shape index (κ2) is 6.80. The molecule has 1 aromatic carbocycles. The molecule has 0 spiro atoms. The van der Waals surface area contributed by atoms with Gasteiger partial charge in [0.05, 0.1) is 22.7 Å². The van der Waals surface area contributed by atoms with Crippen molar-refractivity contribution < 1.29 is 9.72 Å². The lowest BCUT2D eigenvalue weighted by atomic mass is 10.1. The number of carbonyl (C=O) groups excluding carboxylic acids is 1. The van der Waals surface area contributed by atoms with Crippen LogP contribution in [0.3, 0.4) is 0 Å². The minimum Gasteiger partial charge on any atom is -0.380 e. The van der Waals surface area contributed by atoms with Gasteiger partial charge < -0.3 is 10.6 Å². The molecular weight excluding hydrogens is 292 g/mol. The normalized spacial score (nSPS) is 10.1. The van der Waals surface area contributed by atoms with E-state index in [1.165, 1.54) is 17.4 Å². The first-order valence-electron chi connectivity index (χ1n) is 6.30. The molecule has 7 nitrogen and oxygen atoms in total. The monoisotopic (exact) mass is 306 g/mol. The van der Waals surface area contributed by atoms with Gasteiger partial charge in [-0.05, 0) is 19.1 Å². The van der Waals surface area contributed by atoms with E-state index in [-0.39, 0.29) is 17.8 Å². The van der Waals surface area contributed by atoms with Crippen molar-refractivity contribution in [3.05, 3.63) is 50.5 Å². The highest BCUT2D eigenvalue weighted by molar-refractivity contribution is 7.07. The Morgan fingerprint density at radius 2 is 2.29 bits per heavy atom. The van der Waals surface area contributed by atoms with Crippen molar-refractivity contribution in [3.8, 4) is 0 Å². The van der Waals surface area contributed by atoms with Gasteiger partial charge in [0.15, 0.2) is 0 Å². The molecule has 110 valence electrons. The van der Waals surface area contributed by atoms with Gasteiger partial charge in [-0.2, -0.15) is 0 Å². The van der Waals surface area contributed by atoms with Crippen molar-refractivity contribution >= 4 is 28.6 Å². The number of para-hydroxylation sites is 1. The Morgan fingerprint density at radius 3 is 2.90 bits per heavy atom. The van der Waals surface area contributed by atoms with Gasteiger partial charge in [0.25, 0.3) is 5.91 Å². The predicted molar refractivity (Wildman–Crippen MR) is 80.5 cm³/mol. The van der Waals surface area contributed by atoms with E-state index >= 15 is 0 Å². The number of nitrogens with one attached hydrogen (secondary N) is 2. The van der Waals surface area contributed by atoms with Crippen LogP contribution in [-0.4, -0.2) is 22.4 Å². The fourth-order valence-electron chi connectivity index (χ4n) is 1.85. The van der Waals surface area contributed by atoms with Gasteiger partial charge in [0.2, 0.25) is 0 Å². The average Bonchev–Trinajstić information content (AvgIpc) is 2.98. The summed E-state index contributed by atoms with van der Waals surface area (Å²) in [4.78, 5) is 26.9. The third kappa shape index (κ3) is 3.54. The fraction of sp³-hybridized carbons (Fsp3) is 0.231. The summed E-state index contributed by atoms with van der Waals surface area (Å²) in [6.45, 7) is 2.61. The van der Waals surface area contributed by atoms with Crippen LogP contribution >= 0.6 is 11.3 Å². The van der Waals surface area contributed by atoms with Gasteiger partial charge in [-0.15, -0.1) is 11.3 Å². The zero-order valence-corrected chi connectivity index (χ0v) is 12.1. The predicted octanol–water partition coefficient (Wildman–Crippen LogP) is 2.41. The number of benzene rings is 1. The molecular formula is C13H14N4O3S. The maximum atomic E-state index is 12.2. The zero-order chi connectivity index (χ0) is 15.2. The van der Waals surface area contributed by atoms with Crippen LogP contribution in [0.1, 0.15) is 23.0 Å². The number of hydrogen-bond donors (Lipinski definition) is 2. The van der Waals surface area contributed by atoms with Gasteiger partial charge in [-0.3, -0.25) is 14.9 Å². The first-order valence-corrected chi connectivity index (χ1v) is 7.24. The molecule has 0 atom stereocenters. The van der Waals surface area contributed by atoms with E-state index in [4.69, 9.17) is 0 Å². The molecule has 1 heterocycles. The summed E-state index contributed by atoms with van der Waals surface area (Å²) in [6, 6.07) is 4.64. The number of carbonyl (C=O) groups is 1. The number of anilines is 1. The molecule has 0 radical (unpaired) electrons. The average molecular weight is 306 g/mol. The van der Waals surface area contributed by atoms with E-state index in [0.29, 0.717) is 12.2 Å². The van der Waals surface area contributed by atoms with Crippen LogP contribution < -0.4 is 10.6 Å². The summed E-state index contributed by atoms with van der Waals surface area (Å²) in [5.74, 6) is -0.491. The SMILES string of the molecule is CCNc1cccc(C(=O)NCc2cscn2)c1[N+](=O)[O-]. The largest absolute Gasteiger partial charge is 0.380 e. The smallest absolute Gasteiger partial charge is 0.305 e. The number of hydrogen-bond acceptors (Lipinski definition) is 6. The molecule has 21 heavy (non-hydrogen) atoms. The lowest BCUT2D eigenvalue weighted by Crippen LogP contribution is -2.24. The maximum absolute atomic E-state index is 12.2. The standard InChI is InChI=1S/C13H14N4O3S/c1-2-14-11-5-3-4-10(12(11)17(19)20)13(18)15-6-9-7-21-8-16-9/h3-5,7-8,14H,2,6H2,1H3,(H,15,18). The summed E-state index contributed by atoms with van der Waals surface area (Å²) in [5, 5.41) is 18.6. The molecule has 0 bridgehead atoms. The summed E-state index contributed by atoms with van der Waals surface area (Å²) < 4.78 is 0. The number of nitrogens with zero attached hydrogens (tertiary/aromatic N) is 2. The van der Waals surface area contributed by atoms with Crippen LogP contribution in [-0.2, 0) is 6.54 Å². The fourth-order valence-corrected chi connectivity index (χ4v) is 2.41. The third-order valence-corrected chi connectivity index (χ3v) is 3.38. The molecule has 2 aromatic rings. The van der Waals surface area contributed by atoms with Crippen molar-refractivity contribution in [2.24, 2.45) is 0 Å². The molecule has 0 saturated heterocycles. The first-order chi connectivity index (χ1) is 10.1. The second-order valence-corrected chi connectivity index (χ2v) is 4.87. The lowest BCUT2D eigenvalue weighted by Gasteiger charge is -2.09. The van der Waals surface area contributed by atoms with Crippen LogP contribution in [0.4, 0.5) is 11.4 Å². The van der Waals surface area contributed by atoms with Crippen LogP contribution in [0.15, 0.2) is 29.1 Å². The number of nitro benzene ring substituents is 1. The zero-order valence-electron chi connectivity index (χ0n) is 11.3. The summed E-state index contributed by atoms with van der Waals surface area (Å²) in [5.41, 5.74) is 2.54. The number of thiazole rings is 1. The highest BCUT2D eigenvalue weighted by atomic mass is 32.1. The lowest BCUT2D eigenvalue weighted by molar-refractivity contribution is -0.384. The van der Waals surface area contributed by atoms with Gasteiger partial charge in [0, 0.05) is 11.9 Å². The molecule has 0 saturated carbocycles. The quantitative estimate of drug-likeness (QED) is 0.631. The van der Waals surface area contributed by atoms with Crippen molar-refractivity contribution in [1.29, 1.82) is 0 Å². The Hall–Kier alpha value is -2.48. The molecule has 0 aliphatic heterocycles. The minimum atomic E-state index is -0.546. The Morgan fingerprint density at radius 1 is 1.48 bits per heavy atom. The van der Waals surface area contributed by atoms with Crippen LogP contribution in [0.5, 0.6) is 0 Å². The molecule has 0 unspecified atom stereocenters. The topological polar surface area (TPSA) is 97.2 Å². The van der Waals surface area contributed by atoms with E-state index < -0.39 is 10.8 Å². The highest BCUT2D eigenvalue weighted by Gasteiger charge is 2.24. The van der Waals surface area contributed by atoms with Crippen LogP contribution in [0.2, 0.25) is 0 Å². The van der Waals surface area contributed by atoms with Crippen molar-refractivity contribution in [1.82, 2.24) is 10.3 Å². The Balaban J connectivity index is 2.23. The van der Waals surface area contributed by atoms with E-state index in [1.54, 1.807) is 17.6 Å². The number of amides is 1. The van der Waals surface area contributed by atoms with Crippen LogP contribution in [0, 0.1) is 10.1 Å². The van der Waals surface area contributed by atoms with Crippen molar-refractivity contribution in [3.63, 3.8) is 0 Å². The van der Waals surface area contributed by atoms with Gasteiger partial charge >= 0.3 is 5.69 Å². The van der Waals surface area contributed by atoms with E-state index in [1.807, 2.05) is 12.3 Å². The van der Waals surface area contributed by atoms with Crippen molar-refractivity contribution in [2.45, 2.75) is 13.5 Å². The number of rotatable bonds is 6. The third-order valence-electron chi connectivity index (χ3n) is 2.74. The Kier molecular flexibility index (Phi) is 4.83. The number of aromatic nitrogens is 1. The second-order valence-electron chi connectivity index (χ2n) is 4.15. The molecule has 8 heteroatoms. The summed E-state index contributed by atoms with van der Waals surface area (Å²) >= 11 is 1.42. The first kappa shape index (κ1) is 14.9. The molecule has 0 aliphatic carbocycles. The van der Waals surface area contributed by atoms with Crippen LogP contribution in [0.25, 0.3) is 0 Å². The van der Waals surface area contributed by atoms with E-state index in [0.717, 1.165) is 5.69 Å². The Labute approximate surface area is 125 Å². The molecule has 0 fully saturated rings.